The molecule has 0 aromatic heterocycles. The molecule has 0 aliphatic carbocycles. The van der Waals surface area contributed by atoms with Crippen molar-refractivity contribution in [2.45, 2.75) is 31.6 Å². The van der Waals surface area contributed by atoms with Crippen molar-refractivity contribution in [2.24, 2.45) is 0 Å². The molecule has 0 heterocycles. The number of benzene rings is 1. The molecule has 0 fully saturated rings. The minimum absolute atomic E-state index is 1.13. The van der Waals surface area contributed by atoms with E-state index in [4.69, 9.17) is 0 Å². The van der Waals surface area contributed by atoms with Gasteiger partial charge < -0.3 is 0 Å². The fourth-order valence-corrected chi connectivity index (χ4v) is 3.01. The highest BCUT2D eigenvalue weighted by Gasteiger charge is 2.02. The second-order valence-electron chi connectivity index (χ2n) is 3.61. The minimum Gasteiger partial charge on any atom is -0.247 e. The van der Waals surface area contributed by atoms with Crippen molar-refractivity contribution in [1.29, 1.82) is 0 Å². The van der Waals surface area contributed by atoms with Crippen LogP contribution in [0.15, 0.2) is 23.1 Å². The Bertz CT molecular complexity index is 310. The number of nitrogens with zero attached hydrogens (tertiary/aromatic N) is 1. The van der Waals surface area contributed by atoms with Gasteiger partial charge in [0.15, 0.2) is 0 Å². The molecular formula is C12H19NS2. The van der Waals surface area contributed by atoms with E-state index >= 15 is 0 Å². The van der Waals surface area contributed by atoms with Crippen LogP contribution in [0.2, 0.25) is 0 Å². The number of rotatable bonds is 5. The summed E-state index contributed by atoms with van der Waals surface area (Å²) in [6.45, 7) is 4.44. The van der Waals surface area contributed by atoms with E-state index in [1.807, 2.05) is 10.8 Å². The highest BCUT2D eigenvalue weighted by molar-refractivity contribution is 8.75. The number of hydrogen-bond acceptors (Lipinski definition) is 3. The molecule has 15 heavy (non-hydrogen) atoms. The van der Waals surface area contributed by atoms with Gasteiger partial charge in [0.25, 0.3) is 0 Å². The predicted octanol–water partition coefficient (Wildman–Crippen LogP) is 4.03. The zero-order chi connectivity index (χ0) is 11.3. The summed E-state index contributed by atoms with van der Waals surface area (Å²) in [7, 11) is 7.72. The molecule has 84 valence electrons. The summed E-state index contributed by atoms with van der Waals surface area (Å²) in [5, 5.41) is 0. The molecule has 1 nitrogen and oxygen atoms in total. The van der Waals surface area contributed by atoms with Gasteiger partial charge in [-0.15, -0.1) is 0 Å². The molecule has 1 aromatic carbocycles. The van der Waals surface area contributed by atoms with Crippen molar-refractivity contribution in [2.75, 3.05) is 14.1 Å². The average molecular weight is 241 g/mol. The lowest BCUT2D eigenvalue weighted by molar-refractivity contribution is 0.711. The quantitative estimate of drug-likeness (QED) is 0.566. The molecular weight excluding hydrogens is 222 g/mol. The monoisotopic (exact) mass is 241 g/mol. The van der Waals surface area contributed by atoms with Crippen molar-refractivity contribution in [3.63, 3.8) is 0 Å². The van der Waals surface area contributed by atoms with Gasteiger partial charge in [-0.05, 0) is 72.0 Å². The van der Waals surface area contributed by atoms with Crippen molar-refractivity contribution in [3.05, 3.63) is 29.3 Å². The zero-order valence-electron chi connectivity index (χ0n) is 9.91. The minimum atomic E-state index is 1.13. The second kappa shape index (κ2) is 6.46. The molecule has 0 bridgehead atoms. The van der Waals surface area contributed by atoms with Gasteiger partial charge in [0.05, 0.1) is 0 Å². The van der Waals surface area contributed by atoms with Crippen LogP contribution in [0.1, 0.15) is 25.0 Å². The fourth-order valence-electron chi connectivity index (χ4n) is 1.45. The third-order valence-corrected chi connectivity index (χ3v) is 4.74. The third-order valence-electron chi connectivity index (χ3n) is 2.22. The molecule has 0 atom stereocenters. The lowest BCUT2D eigenvalue weighted by Crippen LogP contribution is -1.96. The van der Waals surface area contributed by atoms with Crippen molar-refractivity contribution in [3.8, 4) is 0 Å². The summed E-state index contributed by atoms with van der Waals surface area (Å²) in [5.74, 6) is 0. The SMILES string of the molecule is CCc1ccc(SSN(C)C)cc1CC. The lowest BCUT2D eigenvalue weighted by Gasteiger charge is -2.10. The van der Waals surface area contributed by atoms with Gasteiger partial charge in [0.1, 0.15) is 0 Å². The molecule has 1 rings (SSSR count). The number of hydrogen-bond donors (Lipinski definition) is 0. The maximum Gasteiger partial charge on any atom is 0.0198 e. The van der Waals surface area contributed by atoms with Gasteiger partial charge in [-0.1, -0.05) is 19.9 Å². The van der Waals surface area contributed by atoms with E-state index in [0.717, 1.165) is 12.8 Å². The molecule has 1 aromatic rings. The molecule has 0 unspecified atom stereocenters. The Balaban J connectivity index is 2.74. The molecule has 0 saturated heterocycles. The Morgan fingerprint density at radius 1 is 1.07 bits per heavy atom. The van der Waals surface area contributed by atoms with Gasteiger partial charge in [0, 0.05) is 4.90 Å². The predicted molar refractivity (Wildman–Crippen MR) is 72.3 cm³/mol. The van der Waals surface area contributed by atoms with E-state index in [-0.39, 0.29) is 0 Å². The highest BCUT2D eigenvalue weighted by Crippen LogP contribution is 2.33. The van der Waals surface area contributed by atoms with E-state index < -0.39 is 0 Å². The van der Waals surface area contributed by atoms with E-state index in [1.165, 1.54) is 16.0 Å². The van der Waals surface area contributed by atoms with E-state index in [9.17, 15) is 0 Å². The van der Waals surface area contributed by atoms with Crippen molar-refractivity contribution >= 4 is 21.8 Å². The molecule has 0 aliphatic rings. The Labute approximate surface area is 101 Å². The normalized spacial score (nSPS) is 11.0. The topological polar surface area (TPSA) is 3.24 Å². The standard InChI is InChI=1S/C12H19NS2/c1-5-10-7-8-12(9-11(10)6-2)14-15-13(3)4/h7-9H,5-6H2,1-4H3. The summed E-state index contributed by atoms with van der Waals surface area (Å²) >= 11 is 0. The summed E-state index contributed by atoms with van der Waals surface area (Å²) in [4.78, 5) is 1.35. The zero-order valence-corrected chi connectivity index (χ0v) is 11.5. The average Bonchev–Trinajstić information content (AvgIpc) is 2.25. The van der Waals surface area contributed by atoms with E-state index in [0.29, 0.717) is 0 Å². The molecule has 0 N–H and O–H groups in total. The largest absolute Gasteiger partial charge is 0.247 e. The Hall–Kier alpha value is -0.120. The van der Waals surface area contributed by atoms with Crippen LogP contribution in [0.4, 0.5) is 0 Å². The summed E-state index contributed by atoms with van der Waals surface area (Å²) in [5.41, 5.74) is 2.97. The van der Waals surface area contributed by atoms with E-state index in [2.05, 4.69) is 50.4 Å². The molecule has 3 heteroatoms. The van der Waals surface area contributed by atoms with E-state index in [1.54, 1.807) is 11.0 Å². The molecule has 0 amide bonds. The first-order valence-electron chi connectivity index (χ1n) is 5.31. The lowest BCUT2D eigenvalue weighted by atomic mass is 10.0. The molecule has 0 aliphatic heterocycles. The first-order valence-corrected chi connectivity index (χ1v) is 7.41. The summed E-state index contributed by atoms with van der Waals surface area (Å²) < 4.78 is 2.12. The maximum absolute atomic E-state index is 2.32. The van der Waals surface area contributed by atoms with Gasteiger partial charge >= 0.3 is 0 Å². The van der Waals surface area contributed by atoms with Crippen LogP contribution in [-0.4, -0.2) is 18.4 Å². The maximum atomic E-state index is 2.32. The van der Waals surface area contributed by atoms with Crippen LogP contribution in [0, 0.1) is 0 Å². The smallest absolute Gasteiger partial charge is 0.0198 e. The van der Waals surface area contributed by atoms with Crippen LogP contribution < -0.4 is 0 Å². The van der Waals surface area contributed by atoms with Crippen LogP contribution in [0.5, 0.6) is 0 Å². The third kappa shape index (κ3) is 4.09. The van der Waals surface area contributed by atoms with Crippen LogP contribution in [-0.2, 0) is 12.8 Å². The second-order valence-corrected chi connectivity index (χ2v) is 6.07. The number of aryl methyl sites for hydroxylation is 2. The van der Waals surface area contributed by atoms with Crippen molar-refractivity contribution in [1.82, 2.24) is 4.31 Å². The fraction of sp³-hybridized carbons (Fsp3) is 0.500. The summed E-state index contributed by atoms with van der Waals surface area (Å²) in [6, 6.07) is 6.80. The molecule has 0 saturated carbocycles. The van der Waals surface area contributed by atoms with Crippen molar-refractivity contribution < 1.29 is 0 Å². The van der Waals surface area contributed by atoms with Gasteiger partial charge in [-0.2, -0.15) is 0 Å². The molecule has 0 spiro atoms. The Morgan fingerprint density at radius 2 is 1.73 bits per heavy atom. The van der Waals surface area contributed by atoms with Gasteiger partial charge in [0.2, 0.25) is 0 Å². The van der Waals surface area contributed by atoms with Gasteiger partial charge in [-0.3, -0.25) is 0 Å². The molecule has 0 radical (unpaired) electrons. The first-order chi connectivity index (χ1) is 7.17. The Morgan fingerprint density at radius 3 is 2.27 bits per heavy atom. The van der Waals surface area contributed by atoms with Crippen LogP contribution >= 0.6 is 21.8 Å². The first kappa shape index (κ1) is 12.9. The van der Waals surface area contributed by atoms with Gasteiger partial charge in [-0.25, -0.2) is 4.31 Å². The van der Waals surface area contributed by atoms with Crippen LogP contribution in [0.25, 0.3) is 0 Å². The Kier molecular flexibility index (Phi) is 5.58. The highest BCUT2D eigenvalue weighted by atomic mass is 33.1. The summed E-state index contributed by atoms with van der Waals surface area (Å²) in [6.07, 6.45) is 2.26. The van der Waals surface area contributed by atoms with Crippen LogP contribution in [0.3, 0.4) is 0 Å².